The molecule has 0 unspecified atom stereocenters. The zero-order chi connectivity index (χ0) is 14.3. The van der Waals surface area contributed by atoms with Gasteiger partial charge in [-0.25, -0.2) is 13.4 Å². The van der Waals surface area contributed by atoms with Gasteiger partial charge in [0.2, 0.25) is 0 Å². The van der Waals surface area contributed by atoms with E-state index in [-0.39, 0.29) is 8.68 Å². The number of hydrogen-bond donors (Lipinski definition) is 0. The Hall–Kier alpha value is -1.11. The highest BCUT2D eigenvalue weighted by atomic mass is 35.5. The van der Waals surface area contributed by atoms with Gasteiger partial charge in [0.05, 0.1) is 11.9 Å². The number of anilines is 1. The van der Waals surface area contributed by atoms with Crippen molar-refractivity contribution in [2.75, 3.05) is 10.8 Å². The molecule has 0 amide bonds. The van der Waals surface area contributed by atoms with Crippen molar-refractivity contribution in [1.29, 1.82) is 0 Å². The molecule has 7 heteroatoms. The third-order valence-corrected chi connectivity index (χ3v) is 6.73. The van der Waals surface area contributed by atoms with Gasteiger partial charge in [0.15, 0.2) is 8.68 Å². The fourth-order valence-electron chi connectivity index (χ4n) is 2.51. The molecule has 0 spiro atoms. The normalized spacial score (nSPS) is 15.2. The Morgan fingerprint density at radius 3 is 2.90 bits per heavy atom. The molecule has 2 heterocycles. The van der Waals surface area contributed by atoms with E-state index in [1.54, 1.807) is 0 Å². The van der Waals surface area contributed by atoms with Gasteiger partial charge in [-0.1, -0.05) is 41.1 Å². The number of aromatic nitrogens is 1. The lowest BCUT2D eigenvalue weighted by molar-refractivity contribution is 0.588. The summed E-state index contributed by atoms with van der Waals surface area (Å²) >= 11 is 6.75. The second-order valence-corrected chi connectivity index (χ2v) is 8.40. The van der Waals surface area contributed by atoms with Crippen molar-refractivity contribution >= 4 is 38.6 Å². The van der Waals surface area contributed by atoms with Crippen LogP contribution in [0.5, 0.6) is 0 Å². The van der Waals surface area contributed by atoms with Crippen LogP contribution >= 0.6 is 22.9 Å². The van der Waals surface area contributed by atoms with E-state index in [9.17, 15) is 8.42 Å². The molecular weight excluding hydrogens is 316 g/mol. The molecule has 20 heavy (non-hydrogen) atoms. The smallest absolute Gasteiger partial charge is 0.265 e. The van der Waals surface area contributed by atoms with Gasteiger partial charge in [-0.05, 0) is 30.9 Å². The molecule has 0 aliphatic carbocycles. The predicted molar refractivity (Wildman–Crippen MR) is 81.2 cm³/mol. The van der Waals surface area contributed by atoms with Crippen LogP contribution in [0.4, 0.5) is 5.69 Å². The molecule has 0 N–H and O–H groups in total. The summed E-state index contributed by atoms with van der Waals surface area (Å²) in [6, 6.07) is 5.89. The van der Waals surface area contributed by atoms with Gasteiger partial charge in [0, 0.05) is 6.54 Å². The zero-order valence-corrected chi connectivity index (χ0v) is 13.2. The van der Waals surface area contributed by atoms with Crippen LogP contribution in [0.2, 0.25) is 4.47 Å². The standard InChI is InChI=1S/C13H13ClN2O2S2/c1-9-4-2-5-10-6-3-7-16(12(9)10)20(17,18)11-8-15-13(14)19-11/h2,4-5,8H,3,6-7H2,1H3. The van der Waals surface area contributed by atoms with Crippen molar-refractivity contribution in [1.82, 2.24) is 4.98 Å². The van der Waals surface area contributed by atoms with Gasteiger partial charge in [-0.3, -0.25) is 4.31 Å². The van der Waals surface area contributed by atoms with E-state index in [2.05, 4.69) is 4.98 Å². The highest BCUT2D eigenvalue weighted by Crippen LogP contribution is 2.36. The van der Waals surface area contributed by atoms with Crippen LogP contribution in [-0.4, -0.2) is 19.9 Å². The van der Waals surface area contributed by atoms with E-state index in [0.717, 1.165) is 41.0 Å². The molecule has 3 rings (SSSR count). The van der Waals surface area contributed by atoms with Crippen molar-refractivity contribution in [2.45, 2.75) is 24.0 Å². The molecular formula is C13H13ClN2O2S2. The number of hydrogen-bond acceptors (Lipinski definition) is 4. The molecule has 1 aromatic heterocycles. The molecule has 0 atom stereocenters. The summed E-state index contributed by atoms with van der Waals surface area (Å²) in [5.41, 5.74) is 2.86. The fourth-order valence-corrected chi connectivity index (χ4v) is 5.53. The van der Waals surface area contributed by atoms with Gasteiger partial charge in [0.25, 0.3) is 10.0 Å². The lowest BCUT2D eigenvalue weighted by Gasteiger charge is -2.31. The third kappa shape index (κ3) is 2.21. The number of benzene rings is 1. The lowest BCUT2D eigenvalue weighted by Crippen LogP contribution is -2.35. The Morgan fingerprint density at radius 1 is 1.40 bits per heavy atom. The molecule has 1 aliphatic rings. The van der Waals surface area contributed by atoms with Crippen molar-refractivity contribution in [3.63, 3.8) is 0 Å². The van der Waals surface area contributed by atoms with Crippen LogP contribution in [0, 0.1) is 6.92 Å². The Morgan fingerprint density at radius 2 is 2.20 bits per heavy atom. The minimum atomic E-state index is -3.57. The van der Waals surface area contributed by atoms with Crippen LogP contribution in [0.3, 0.4) is 0 Å². The first-order chi connectivity index (χ1) is 9.50. The van der Waals surface area contributed by atoms with Crippen molar-refractivity contribution in [2.24, 2.45) is 0 Å². The average Bonchev–Trinajstić information content (AvgIpc) is 2.86. The first-order valence-electron chi connectivity index (χ1n) is 6.23. The maximum Gasteiger partial charge on any atom is 0.275 e. The summed E-state index contributed by atoms with van der Waals surface area (Å²) < 4.78 is 27.4. The Balaban J connectivity index is 2.13. The number of aryl methyl sites for hydroxylation is 2. The summed E-state index contributed by atoms with van der Waals surface area (Å²) in [5, 5.41) is 0. The van der Waals surface area contributed by atoms with Gasteiger partial charge in [-0.2, -0.15) is 0 Å². The van der Waals surface area contributed by atoms with Crippen molar-refractivity contribution in [3.8, 4) is 0 Å². The second kappa shape index (κ2) is 5.02. The van der Waals surface area contributed by atoms with Crippen LogP contribution in [0.25, 0.3) is 0 Å². The zero-order valence-electron chi connectivity index (χ0n) is 10.8. The number of para-hydroxylation sites is 1. The van der Waals surface area contributed by atoms with Crippen LogP contribution in [-0.2, 0) is 16.4 Å². The molecule has 4 nitrogen and oxygen atoms in total. The largest absolute Gasteiger partial charge is 0.275 e. The maximum atomic E-state index is 12.8. The maximum absolute atomic E-state index is 12.8. The number of thiazole rings is 1. The third-order valence-electron chi connectivity index (χ3n) is 3.38. The van der Waals surface area contributed by atoms with E-state index in [1.807, 2.05) is 25.1 Å². The predicted octanol–water partition coefficient (Wildman–Crippen LogP) is 3.25. The van der Waals surface area contributed by atoms with Crippen LogP contribution < -0.4 is 4.31 Å². The van der Waals surface area contributed by atoms with E-state index in [4.69, 9.17) is 11.6 Å². The first kappa shape index (κ1) is 13.9. The van der Waals surface area contributed by atoms with Gasteiger partial charge in [-0.15, -0.1) is 0 Å². The van der Waals surface area contributed by atoms with Gasteiger partial charge >= 0.3 is 0 Å². The lowest BCUT2D eigenvalue weighted by atomic mass is 10.0. The van der Waals surface area contributed by atoms with Crippen LogP contribution in [0.15, 0.2) is 28.6 Å². The minimum absolute atomic E-state index is 0.193. The number of halogens is 1. The molecule has 0 fully saturated rings. The monoisotopic (exact) mass is 328 g/mol. The number of fused-ring (bicyclic) bond motifs is 1. The van der Waals surface area contributed by atoms with Crippen molar-refractivity contribution in [3.05, 3.63) is 40.0 Å². The number of nitrogens with zero attached hydrogens (tertiary/aromatic N) is 2. The van der Waals surface area contributed by atoms with Crippen molar-refractivity contribution < 1.29 is 8.42 Å². The number of rotatable bonds is 2. The minimum Gasteiger partial charge on any atom is -0.265 e. The van der Waals surface area contributed by atoms with Gasteiger partial charge in [0.1, 0.15) is 0 Å². The molecule has 1 aromatic carbocycles. The summed E-state index contributed by atoms with van der Waals surface area (Å²) in [6.45, 7) is 2.43. The summed E-state index contributed by atoms with van der Waals surface area (Å²) in [4.78, 5) is 3.83. The quantitative estimate of drug-likeness (QED) is 0.850. The molecule has 2 aromatic rings. The SMILES string of the molecule is Cc1cccc2c1N(S(=O)(=O)c1cnc(Cl)s1)CCC2. The molecule has 0 saturated carbocycles. The van der Waals surface area contributed by atoms with E-state index in [1.165, 1.54) is 10.5 Å². The summed E-state index contributed by atoms with van der Waals surface area (Å²) in [5.74, 6) is 0. The van der Waals surface area contributed by atoms with E-state index in [0.29, 0.717) is 6.54 Å². The molecule has 106 valence electrons. The fraction of sp³-hybridized carbons (Fsp3) is 0.308. The highest BCUT2D eigenvalue weighted by molar-refractivity contribution is 7.94. The summed E-state index contributed by atoms with van der Waals surface area (Å²) in [7, 11) is -3.57. The van der Waals surface area contributed by atoms with E-state index < -0.39 is 10.0 Å². The van der Waals surface area contributed by atoms with Gasteiger partial charge < -0.3 is 0 Å². The topological polar surface area (TPSA) is 50.3 Å². The second-order valence-electron chi connectivity index (χ2n) is 4.70. The number of sulfonamides is 1. The Labute approximate surface area is 127 Å². The van der Waals surface area contributed by atoms with E-state index >= 15 is 0 Å². The first-order valence-corrected chi connectivity index (χ1v) is 8.86. The average molecular weight is 329 g/mol. The molecule has 0 bridgehead atoms. The summed E-state index contributed by atoms with van der Waals surface area (Å²) in [6.07, 6.45) is 3.06. The molecule has 0 radical (unpaired) electrons. The highest BCUT2D eigenvalue weighted by Gasteiger charge is 2.31. The van der Waals surface area contributed by atoms with Crippen LogP contribution in [0.1, 0.15) is 17.5 Å². The molecule has 0 saturated heterocycles. The Kier molecular flexibility index (Phi) is 3.48. The Bertz CT molecular complexity index is 755. The molecule has 1 aliphatic heterocycles.